The van der Waals surface area contributed by atoms with E-state index in [4.69, 9.17) is 0 Å². The smallest absolute Gasteiger partial charge is 0.0278 e. The third-order valence-electron chi connectivity index (χ3n) is 4.68. The van der Waals surface area contributed by atoms with Crippen molar-refractivity contribution in [2.75, 3.05) is 24.6 Å². The molecule has 2 atom stereocenters. The maximum Gasteiger partial charge on any atom is 0.0278 e. The quantitative estimate of drug-likeness (QED) is 0.836. The van der Waals surface area contributed by atoms with Crippen molar-refractivity contribution in [2.24, 2.45) is 0 Å². The maximum atomic E-state index is 3.77. The first-order valence-electron chi connectivity index (χ1n) is 7.27. The molecule has 17 heavy (non-hydrogen) atoms. The Morgan fingerprint density at radius 1 is 1.29 bits per heavy atom. The van der Waals surface area contributed by atoms with Gasteiger partial charge in [-0.1, -0.05) is 13.8 Å². The van der Waals surface area contributed by atoms with Crippen molar-refractivity contribution < 1.29 is 0 Å². The van der Waals surface area contributed by atoms with Gasteiger partial charge in [-0.2, -0.15) is 11.8 Å². The Labute approximate surface area is 111 Å². The molecule has 0 aromatic carbocycles. The Hall–Kier alpha value is 0.270. The van der Waals surface area contributed by atoms with Gasteiger partial charge in [0.25, 0.3) is 0 Å². The van der Waals surface area contributed by atoms with Gasteiger partial charge >= 0.3 is 0 Å². The van der Waals surface area contributed by atoms with E-state index in [1.807, 2.05) is 0 Å². The molecule has 0 amide bonds. The Kier molecular flexibility index (Phi) is 4.79. The van der Waals surface area contributed by atoms with Gasteiger partial charge < -0.3 is 5.32 Å². The van der Waals surface area contributed by atoms with E-state index in [1.165, 1.54) is 50.3 Å². The molecule has 1 N–H and O–H groups in total. The van der Waals surface area contributed by atoms with E-state index in [0.717, 1.165) is 12.1 Å². The minimum atomic E-state index is 0.344. The first kappa shape index (κ1) is 13.7. The highest BCUT2D eigenvalue weighted by Gasteiger charge is 2.37. The number of thioether (sulfide) groups is 1. The van der Waals surface area contributed by atoms with Crippen LogP contribution in [0.3, 0.4) is 0 Å². The standard InChI is InChI=1S/C14H28N2S/c1-4-12-10-15-14(3,5-2)11-16(12)13-6-8-17-9-7-13/h12-13,15H,4-11H2,1-3H3. The van der Waals surface area contributed by atoms with Crippen LogP contribution in [-0.2, 0) is 0 Å². The highest BCUT2D eigenvalue weighted by Crippen LogP contribution is 2.28. The van der Waals surface area contributed by atoms with Crippen LogP contribution in [0.5, 0.6) is 0 Å². The lowest BCUT2D eigenvalue weighted by molar-refractivity contribution is 0.0403. The summed E-state index contributed by atoms with van der Waals surface area (Å²) in [6, 6.07) is 1.62. The lowest BCUT2D eigenvalue weighted by atomic mass is 9.90. The van der Waals surface area contributed by atoms with Crippen LogP contribution in [0.2, 0.25) is 0 Å². The minimum absolute atomic E-state index is 0.344. The molecule has 2 heterocycles. The van der Waals surface area contributed by atoms with Gasteiger partial charge in [-0.25, -0.2) is 0 Å². The summed E-state index contributed by atoms with van der Waals surface area (Å²) in [5.41, 5.74) is 0.344. The Bertz CT molecular complexity index is 240. The lowest BCUT2D eigenvalue weighted by Gasteiger charge is -2.50. The van der Waals surface area contributed by atoms with Crippen LogP contribution in [0.15, 0.2) is 0 Å². The molecule has 2 rings (SSSR count). The van der Waals surface area contributed by atoms with E-state index >= 15 is 0 Å². The lowest BCUT2D eigenvalue weighted by Crippen LogP contribution is -2.65. The molecule has 0 spiro atoms. The molecular formula is C14H28N2S. The Morgan fingerprint density at radius 3 is 2.59 bits per heavy atom. The largest absolute Gasteiger partial charge is 0.309 e. The number of rotatable bonds is 3. The summed E-state index contributed by atoms with van der Waals surface area (Å²) in [5, 5.41) is 3.77. The fourth-order valence-corrected chi connectivity index (χ4v) is 4.21. The summed E-state index contributed by atoms with van der Waals surface area (Å²) in [5.74, 6) is 2.74. The first-order valence-corrected chi connectivity index (χ1v) is 8.42. The van der Waals surface area contributed by atoms with Gasteiger partial charge in [-0.3, -0.25) is 4.90 Å². The molecule has 2 fully saturated rings. The molecular weight excluding hydrogens is 228 g/mol. The van der Waals surface area contributed by atoms with Crippen LogP contribution < -0.4 is 5.32 Å². The molecule has 3 heteroatoms. The van der Waals surface area contributed by atoms with Crippen LogP contribution in [0.25, 0.3) is 0 Å². The fourth-order valence-electron chi connectivity index (χ4n) is 3.13. The van der Waals surface area contributed by atoms with E-state index in [9.17, 15) is 0 Å². The second kappa shape index (κ2) is 5.94. The summed E-state index contributed by atoms with van der Waals surface area (Å²) in [4.78, 5) is 2.83. The minimum Gasteiger partial charge on any atom is -0.309 e. The molecule has 0 aromatic heterocycles. The number of nitrogens with zero attached hydrogens (tertiary/aromatic N) is 1. The topological polar surface area (TPSA) is 15.3 Å². The van der Waals surface area contributed by atoms with Crippen LogP contribution in [0, 0.1) is 0 Å². The van der Waals surface area contributed by atoms with Gasteiger partial charge in [0.2, 0.25) is 0 Å². The molecule has 100 valence electrons. The van der Waals surface area contributed by atoms with Crippen LogP contribution in [0.1, 0.15) is 46.5 Å². The number of hydrogen-bond donors (Lipinski definition) is 1. The zero-order valence-electron chi connectivity index (χ0n) is 11.7. The molecule has 0 bridgehead atoms. The van der Waals surface area contributed by atoms with Gasteiger partial charge in [0.05, 0.1) is 0 Å². The van der Waals surface area contributed by atoms with Gasteiger partial charge in [0.1, 0.15) is 0 Å². The fraction of sp³-hybridized carbons (Fsp3) is 1.00. The molecule has 2 aliphatic heterocycles. The van der Waals surface area contributed by atoms with Crippen molar-refractivity contribution in [3.05, 3.63) is 0 Å². The normalized spacial score (nSPS) is 37.2. The second-order valence-corrected chi connectivity index (χ2v) is 7.10. The number of piperazine rings is 1. The molecule has 0 aliphatic carbocycles. The molecule has 2 aliphatic rings. The van der Waals surface area contributed by atoms with Crippen LogP contribution >= 0.6 is 11.8 Å². The third kappa shape index (κ3) is 3.18. The predicted molar refractivity (Wildman–Crippen MR) is 77.8 cm³/mol. The van der Waals surface area contributed by atoms with Gasteiger partial charge in [-0.05, 0) is 44.1 Å². The van der Waals surface area contributed by atoms with Gasteiger partial charge in [0.15, 0.2) is 0 Å². The number of hydrogen-bond acceptors (Lipinski definition) is 3. The van der Waals surface area contributed by atoms with E-state index in [2.05, 4.69) is 42.7 Å². The molecule has 2 unspecified atom stereocenters. The van der Waals surface area contributed by atoms with E-state index in [0.29, 0.717) is 5.54 Å². The van der Waals surface area contributed by atoms with E-state index < -0.39 is 0 Å². The maximum absolute atomic E-state index is 3.77. The van der Waals surface area contributed by atoms with Crippen molar-refractivity contribution >= 4 is 11.8 Å². The van der Waals surface area contributed by atoms with Crippen LogP contribution in [-0.4, -0.2) is 47.1 Å². The molecule has 0 radical (unpaired) electrons. The van der Waals surface area contributed by atoms with Crippen molar-refractivity contribution in [1.29, 1.82) is 0 Å². The third-order valence-corrected chi connectivity index (χ3v) is 5.73. The average Bonchev–Trinajstić information content (AvgIpc) is 2.40. The first-order chi connectivity index (χ1) is 8.18. The summed E-state index contributed by atoms with van der Waals surface area (Å²) < 4.78 is 0. The second-order valence-electron chi connectivity index (χ2n) is 5.87. The van der Waals surface area contributed by atoms with Crippen molar-refractivity contribution in [3.8, 4) is 0 Å². The Balaban J connectivity index is 2.03. The molecule has 2 nitrogen and oxygen atoms in total. The van der Waals surface area contributed by atoms with Crippen molar-refractivity contribution in [1.82, 2.24) is 10.2 Å². The monoisotopic (exact) mass is 256 g/mol. The average molecular weight is 256 g/mol. The SMILES string of the molecule is CCC1CNC(C)(CC)CN1C1CCSCC1. The van der Waals surface area contributed by atoms with Crippen molar-refractivity contribution in [2.45, 2.75) is 64.1 Å². The van der Waals surface area contributed by atoms with E-state index in [1.54, 1.807) is 0 Å². The molecule has 0 saturated carbocycles. The predicted octanol–water partition coefficient (Wildman–Crippen LogP) is 2.73. The summed E-state index contributed by atoms with van der Waals surface area (Å²) in [6.45, 7) is 9.48. The summed E-state index contributed by atoms with van der Waals surface area (Å²) in [6.07, 6.45) is 5.33. The van der Waals surface area contributed by atoms with Gasteiger partial charge in [0, 0.05) is 30.7 Å². The zero-order valence-corrected chi connectivity index (χ0v) is 12.5. The summed E-state index contributed by atoms with van der Waals surface area (Å²) in [7, 11) is 0. The number of nitrogens with one attached hydrogen (secondary N) is 1. The van der Waals surface area contributed by atoms with Crippen LogP contribution in [0.4, 0.5) is 0 Å². The highest BCUT2D eigenvalue weighted by molar-refractivity contribution is 7.99. The highest BCUT2D eigenvalue weighted by atomic mass is 32.2. The zero-order chi connectivity index (χ0) is 12.3. The summed E-state index contributed by atoms with van der Waals surface area (Å²) >= 11 is 2.13. The van der Waals surface area contributed by atoms with E-state index in [-0.39, 0.29) is 0 Å². The molecule has 0 aromatic rings. The van der Waals surface area contributed by atoms with Crippen molar-refractivity contribution in [3.63, 3.8) is 0 Å². The Morgan fingerprint density at radius 2 is 2.00 bits per heavy atom. The molecule has 2 saturated heterocycles. The van der Waals surface area contributed by atoms with Gasteiger partial charge in [-0.15, -0.1) is 0 Å².